The normalized spacial score (nSPS) is 11.5. The van der Waals surface area contributed by atoms with E-state index in [0.29, 0.717) is 13.1 Å². The minimum atomic E-state index is -0.125. The highest BCUT2D eigenvalue weighted by Crippen LogP contribution is 2.24. The number of carbonyl (C=O) groups excluding carboxylic acids is 1. The molecule has 2 amide bonds. The molecule has 1 N–H and O–H groups in total. The Morgan fingerprint density at radius 2 is 1.85 bits per heavy atom. The lowest BCUT2D eigenvalue weighted by Gasteiger charge is -2.27. The number of hydrogen-bond acceptors (Lipinski definition) is 3. The van der Waals surface area contributed by atoms with Gasteiger partial charge in [-0.2, -0.15) is 0 Å². The molecule has 0 radical (unpaired) electrons. The van der Waals surface area contributed by atoms with Gasteiger partial charge < -0.3 is 10.2 Å². The van der Waals surface area contributed by atoms with Gasteiger partial charge in [-0.05, 0) is 24.6 Å². The number of nitrogens with one attached hydrogen (secondary N) is 1. The summed E-state index contributed by atoms with van der Waals surface area (Å²) in [6.07, 6.45) is 0. The third kappa shape index (κ3) is 4.22. The zero-order valence-corrected chi connectivity index (χ0v) is 16.6. The van der Waals surface area contributed by atoms with E-state index in [0.717, 1.165) is 15.2 Å². The molecule has 0 saturated heterocycles. The predicted molar refractivity (Wildman–Crippen MR) is 109 cm³/mol. The number of para-hydroxylation sites is 1. The molecule has 0 saturated carbocycles. The van der Waals surface area contributed by atoms with Crippen LogP contribution in [0.5, 0.6) is 0 Å². The van der Waals surface area contributed by atoms with E-state index < -0.39 is 0 Å². The lowest BCUT2D eigenvalue weighted by atomic mass is 9.84. The summed E-state index contributed by atoms with van der Waals surface area (Å²) in [7, 11) is 1.81. The number of aryl methyl sites for hydroxylation is 1. The third-order valence-electron chi connectivity index (χ3n) is 4.57. The topological polar surface area (TPSA) is 45.2 Å². The number of hydrogen-bond donors (Lipinski definition) is 1. The Kier molecular flexibility index (Phi) is 5.28. The van der Waals surface area contributed by atoms with E-state index in [4.69, 9.17) is 0 Å². The molecule has 0 fully saturated rings. The number of urea groups is 1. The van der Waals surface area contributed by atoms with Crippen molar-refractivity contribution in [1.29, 1.82) is 0 Å². The monoisotopic (exact) mass is 367 g/mol. The van der Waals surface area contributed by atoms with Gasteiger partial charge in [-0.3, -0.25) is 0 Å². The van der Waals surface area contributed by atoms with Crippen LogP contribution in [0.2, 0.25) is 0 Å². The zero-order valence-electron chi connectivity index (χ0n) is 15.7. The van der Waals surface area contributed by atoms with Crippen molar-refractivity contribution in [3.05, 3.63) is 64.7 Å². The highest BCUT2D eigenvalue weighted by Gasteiger charge is 2.22. The highest BCUT2D eigenvalue weighted by atomic mass is 32.1. The summed E-state index contributed by atoms with van der Waals surface area (Å²) >= 11 is 1.63. The molecule has 0 aliphatic heterocycles. The molecule has 3 rings (SSSR count). The Morgan fingerprint density at radius 1 is 1.15 bits per heavy atom. The first-order valence-corrected chi connectivity index (χ1v) is 9.57. The molecule has 0 bridgehead atoms. The molecule has 0 atom stereocenters. The second-order valence-corrected chi connectivity index (χ2v) is 8.46. The van der Waals surface area contributed by atoms with E-state index in [9.17, 15) is 4.79 Å². The van der Waals surface area contributed by atoms with Crippen molar-refractivity contribution in [3.8, 4) is 0 Å². The number of nitrogens with zero attached hydrogens (tertiary/aromatic N) is 2. The summed E-state index contributed by atoms with van der Waals surface area (Å²) in [6, 6.07) is 16.4. The Hall–Kier alpha value is -2.40. The fourth-order valence-corrected chi connectivity index (χ4v) is 3.82. The van der Waals surface area contributed by atoms with E-state index in [1.807, 2.05) is 18.2 Å². The van der Waals surface area contributed by atoms with Crippen molar-refractivity contribution in [1.82, 2.24) is 15.2 Å². The number of rotatable bonds is 5. The molecule has 5 heteroatoms. The average molecular weight is 368 g/mol. The Balaban J connectivity index is 1.59. The second kappa shape index (κ2) is 7.46. The van der Waals surface area contributed by atoms with Gasteiger partial charge in [-0.1, -0.05) is 55.8 Å². The Morgan fingerprint density at radius 3 is 2.54 bits per heavy atom. The number of fused-ring (bicyclic) bond motifs is 1. The minimum absolute atomic E-state index is 0.0792. The second-order valence-electron chi connectivity index (χ2n) is 7.34. The lowest BCUT2D eigenvalue weighted by molar-refractivity contribution is 0.204. The first kappa shape index (κ1) is 18.4. The first-order valence-electron chi connectivity index (χ1n) is 8.76. The van der Waals surface area contributed by atoms with Crippen molar-refractivity contribution in [2.45, 2.75) is 32.7 Å². The molecule has 1 heterocycles. The summed E-state index contributed by atoms with van der Waals surface area (Å²) in [5.41, 5.74) is 3.32. The minimum Gasteiger partial charge on any atom is -0.337 e. The average Bonchev–Trinajstić information content (AvgIpc) is 3.02. The number of benzene rings is 2. The maximum Gasteiger partial charge on any atom is 0.317 e. The summed E-state index contributed by atoms with van der Waals surface area (Å²) in [4.78, 5) is 18.8. The summed E-state index contributed by atoms with van der Waals surface area (Å²) in [6.45, 7) is 7.46. The summed E-state index contributed by atoms with van der Waals surface area (Å²) < 4.78 is 1.15. The van der Waals surface area contributed by atoms with Crippen molar-refractivity contribution in [3.63, 3.8) is 0 Å². The molecule has 3 aromatic rings. The molecule has 136 valence electrons. The third-order valence-corrected chi connectivity index (χ3v) is 5.59. The fourth-order valence-electron chi connectivity index (χ4n) is 2.80. The van der Waals surface area contributed by atoms with Crippen LogP contribution in [0.1, 0.15) is 30.0 Å². The number of thiazole rings is 1. The van der Waals surface area contributed by atoms with E-state index in [2.05, 4.69) is 61.4 Å². The predicted octanol–water partition coefficient (Wildman–Crippen LogP) is 4.72. The van der Waals surface area contributed by atoms with Crippen LogP contribution in [0.25, 0.3) is 10.2 Å². The number of amides is 2. The van der Waals surface area contributed by atoms with Gasteiger partial charge in [0.2, 0.25) is 0 Å². The van der Waals surface area contributed by atoms with Crippen LogP contribution in [-0.4, -0.2) is 29.5 Å². The number of aromatic nitrogens is 1. The molecule has 26 heavy (non-hydrogen) atoms. The molecule has 0 aliphatic rings. The van der Waals surface area contributed by atoms with E-state index in [1.165, 1.54) is 11.1 Å². The molecular formula is C21H25N3OS. The lowest BCUT2D eigenvalue weighted by Crippen LogP contribution is -2.42. The van der Waals surface area contributed by atoms with Crippen molar-refractivity contribution < 1.29 is 4.79 Å². The molecule has 0 spiro atoms. The van der Waals surface area contributed by atoms with Crippen LogP contribution in [0.3, 0.4) is 0 Å². The zero-order chi connectivity index (χ0) is 18.7. The van der Waals surface area contributed by atoms with E-state index >= 15 is 0 Å². The van der Waals surface area contributed by atoms with Crippen LogP contribution in [0, 0.1) is 6.92 Å². The molecule has 1 aromatic heterocycles. The van der Waals surface area contributed by atoms with Gasteiger partial charge in [0.15, 0.2) is 0 Å². The van der Waals surface area contributed by atoms with Crippen LogP contribution >= 0.6 is 11.3 Å². The van der Waals surface area contributed by atoms with E-state index in [1.54, 1.807) is 23.3 Å². The molecular weight excluding hydrogens is 342 g/mol. The van der Waals surface area contributed by atoms with Crippen molar-refractivity contribution >= 4 is 27.6 Å². The molecule has 2 aromatic carbocycles. The smallest absolute Gasteiger partial charge is 0.317 e. The van der Waals surface area contributed by atoms with Gasteiger partial charge in [0.1, 0.15) is 5.01 Å². The van der Waals surface area contributed by atoms with Gasteiger partial charge in [0.25, 0.3) is 0 Å². The molecule has 4 nitrogen and oxygen atoms in total. The summed E-state index contributed by atoms with van der Waals surface area (Å²) in [5, 5.41) is 4.00. The first-order chi connectivity index (χ1) is 12.3. The van der Waals surface area contributed by atoms with Crippen LogP contribution in [-0.2, 0) is 12.0 Å². The van der Waals surface area contributed by atoms with Gasteiger partial charge in [0.05, 0.1) is 16.8 Å². The van der Waals surface area contributed by atoms with Gasteiger partial charge >= 0.3 is 6.03 Å². The fraction of sp³-hybridized carbons (Fsp3) is 0.333. The van der Waals surface area contributed by atoms with Crippen LogP contribution < -0.4 is 5.32 Å². The maximum absolute atomic E-state index is 12.5. The van der Waals surface area contributed by atoms with Crippen LogP contribution in [0.4, 0.5) is 4.79 Å². The molecule has 0 unspecified atom stereocenters. The highest BCUT2D eigenvalue weighted by molar-refractivity contribution is 7.18. The SMILES string of the molecule is Cc1ccc(C(C)(C)CNC(=O)N(C)Cc2nc3ccccc3s2)cc1. The largest absolute Gasteiger partial charge is 0.337 e. The Labute approximate surface area is 158 Å². The van der Waals surface area contributed by atoms with Gasteiger partial charge in [-0.25, -0.2) is 9.78 Å². The maximum atomic E-state index is 12.5. The summed E-state index contributed by atoms with van der Waals surface area (Å²) in [5.74, 6) is 0. The van der Waals surface area contributed by atoms with Gasteiger partial charge in [-0.15, -0.1) is 11.3 Å². The van der Waals surface area contributed by atoms with Gasteiger partial charge in [0, 0.05) is 19.0 Å². The molecule has 0 aliphatic carbocycles. The van der Waals surface area contributed by atoms with Crippen LogP contribution in [0.15, 0.2) is 48.5 Å². The van der Waals surface area contributed by atoms with Crippen molar-refractivity contribution in [2.75, 3.05) is 13.6 Å². The van der Waals surface area contributed by atoms with E-state index in [-0.39, 0.29) is 11.4 Å². The standard InChI is InChI=1S/C21H25N3OS/c1-15-9-11-16(12-10-15)21(2,3)14-22-20(25)24(4)13-19-23-17-7-5-6-8-18(17)26-19/h5-12H,13-14H2,1-4H3,(H,22,25). The quantitative estimate of drug-likeness (QED) is 0.709. The Bertz CT molecular complexity index is 866. The van der Waals surface area contributed by atoms with Crippen molar-refractivity contribution in [2.24, 2.45) is 0 Å². The number of carbonyl (C=O) groups is 1.